The lowest BCUT2D eigenvalue weighted by molar-refractivity contribution is -0.137. The third-order valence-electron chi connectivity index (χ3n) is 5.31. The van der Waals surface area contributed by atoms with E-state index < -0.39 is 5.97 Å². The third kappa shape index (κ3) is 5.56. The van der Waals surface area contributed by atoms with Crippen molar-refractivity contribution in [1.82, 2.24) is 10.2 Å². The molecule has 1 heterocycles. The van der Waals surface area contributed by atoms with Gasteiger partial charge in [-0.2, -0.15) is 0 Å². The maximum Gasteiger partial charge on any atom is 0.303 e. The number of hydrogen-bond donors (Lipinski definition) is 2. The lowest BCUT2D eigenvalue weighted by Gasteiger charge is -2.32. The minimum absolute atomic E-state index is 0.0830. The summed E-state index contributed by atoms with van der Waals surface area (Å²) in [4.78, 5) is 25.5. The SMILES string of the molecule is O=C(O)CCC1CCCN(CC(=O)NC(c2ccccc2)C2CC2)C1. The molecule has 1 saturated heterocycles. The molecule has 1 saturated carbocycles. The van der Waals surface area contributed by atoms with E-state index in [1.165, 1.54) is 18.4 Å². The predicted octanol–water partition coefficient (Wildman–Crippen LogP) is 2.83. The number of carboxylic acid groups (broad SMARTS) is 1. The van der Waals surface area contributed by atoms with Crippen LogP contribution in [0.5, 0.6) is 0 Å². The van der Waals surface area contributed by atoms with Gasteiger partial charge in [-0.25, -0.2) is 0 Å². The Kier molecular flexibility index (Phi) is 6.08. The molecule has 1 amide bonds. The van der Waals surface area contributed by atoms with Crippen molar-refractivity contribution in [2.45, 2.75) is 44.6 Å². The molecule has 0 bridgehead atoms. The van der Waals surface area contributed by atoms with Gasteiger partial charge >= 0.3 is 5.97 Å². The highest BCUT2D eigenvalue weighted by Crippen LogP contribution is 2.40. The molecule has 1 aliphatic carbocycles. The van der Waals surface area contributed by atoms with Gasteiger partial charge < -0.3 is 10.4 Å². The van der Waals surface area contributed by atoms with Gasteiger partial charge in [-0.05, 0) is 56.0 Å². The van der Waals surface area contributed by atoms with Crippen LogP contribution in [0.15, 0.2) is 30.3 Å². The molecule has 136 valence electrons. The molecule has 0 spiro atoms. The maximum absolute atomic E-state index is 12.6. The van der Waals surface area contributed by atoms with Gasteiger partial charge in [0.05, 0.1) is 12.6 Å². The molecule has 5 nitrogen and oxygen atoms in total. The number of carbonyl (C=O) groups excluding carboxylic acids is 1. The van der Waals surface area contributed by atoms with Crippen molar-refractivity contribution >= 4 is 11.9 Å². The van der Waals surface area contributed by atoms with Crippen LogP contribution in [0.3, 0.4) is 0 Å². The minimum atomic E-state index is -0.731. The van der Waals surface area contributed by atoms with E-state index in [0.717, 1.165) is 25.9 Å². The number of carbonyl (C=O) groups is 2. The number of nitrogens with zero attached hydrogens (tertiary/aromatic N) is 1. The van der Waals surface area contributed by atoms with E-state index in [1.54, 1.807) is 0 Å². The Morgan fingerprint density at radius 2 is 1.96 bits per heavy atom. The number of benzene rings is 1. The van der Waals surface area contributed by atoms with Crippen LogP contribution in [-0.2, 0) is 9.59 Å². The first-order valence-electron chi connectivity index (χ1n) is 9.40. The van der Waals surface area contributed by atoms with Gasteiger partial charge in [0.2, 0.25) is 5.91 Å². The van der Waals surface area contributed by atoms with Crippen molar-refractivity contribution < 1.29 is 14.7 Å². The molecule has 0 radical (unpaired) electrons. The third-order valence-corrected chi connectivity index (χ3v) is 5.31. The lowest BCUT2D eigenvalue weighted by atomic mass is 9.93. The van der Waals surface area contributed by atoms with Crippen molar-refractivity contribution in [2.24, 2.45) is 11.8 Å². The zero-order valence-electron chi connectivity index (χ0n) is 14.7. The van der Waals surface area contributed by atoms with Crippen molar-refractivity contribution in [2.75, 3.05) is 19.6 Å². The predicted molar refractivity (Wildman–Crippen MR) is 96.1 cm³/mol. The van der Waals surface area contributed by atoms with Crippen LogP contribution < -0.4 is 5.32 Å². The average molecular weight is 344 g/mol. The number of likely N-dealkylation sites (tertiary alicyclic amines) is 1. The van der Waals surface area contributed by atoms with Gasteiger partial charge in [-0.3, -0.25) is 14.5 Å². The molecule has 1 aliphatic heterocycles. The Labute approximate surface area is 149 Å². The van der Waals surface area contributed by atoms with Crippen molar-refractivity contribution in [3.05, 3.63) is 35.9 Å². The number of rotatable bonds is 8. The van der Waals surface area contributed by atoms with Gasteiger partial charge in [0.15, 0.2) is 0 Å². The summed E-state index contributed by atoms with van der Waals surface area (Å²) in [5.74, 6) is 0.312. The standard InChI is InChI=1S/C20H28N2O3/c23-18(14-22-12-4-5-15(13-22)8-11-19(24)25)21-20(17-9-10-17)16-6-2-1-3-7-16/h1-3,6-7,15,17,20H,4-5,8-14H2,(H,21,23)(H,24,25). The number of piperidine rings is 1. The molecule has 5 heteroatoms. The molecule has 2 aliphatic rings. The van der Waals surface area contributed by atoms with E-state index in [1.807, 2.05) is 18.2 Å². The van der Waals surface area contributed by atoms with Crippen molar-refractivity contribution in [3.8, 4) is 0 Å². The zero-order chi connectivity index (χ0) is 17.6. The first-order chi connectivity index (χ1) is 12.1. The fourth-order valence-corrected chi connectivity index (χ4v) is 3.84. The lowest BCUT2D eigenvalue weighted by Crippen LogP contribution is -2.43. The molecule has 2 fully saturated rings. The summed E-state index contributed by atoms with van der Waals surface area (Å²) >= 11 is 0. The fourth-order valence-electron chi connectivity index (χ4n) is 3.84. The molecule has 2 unspecified atom stereocenters. The summed E-state index contributed by atoms with van der Waals surface area (Å²) in [5, 5.41) is 12.1. The summed E-state index contributed by atoms with van der Waals surface area (Å²) in [6.45, 7) is 2.18. The Morgan fingerprint density at radius 3 is 2.64 bits per heavy atom. The average Bonchev–Trinajstić information content (AvgIpc) is 3.44. The monoisotopic (exact) mass is 344 g/mol. The van der Waals surface area contributed by atoms with Crippen LogP contribution in [0.1, 0.15) is 50.1 Å². The highest BCUT2D eigenvalue weighted by Gasteiger charge is 2.33. The second kappa shape index (κ2) is 8.48. The second-order valence-corrected chi connectivity index (χ2v) is 7.47. The number of amides is 1. The number of carboxylic acids is 1. The van der Waals surface area contributed by atoms with Gasteiger partial charge in [-0.15, -0.1) is 0 Å². The molecule has 1 aromatic carbocycles. The first kappa shape index (κ1) is 17.9. The highest BCUT2D eigenvalue weighted by molar-refractivity contribution is 5.78. The molecule has 1 aromatic rings. The van der Waals surface area contributed by atoms with E-state index in [4.69, 9.17) is 5.11 Å². The minimum Gasteiger partial charge on any atom is -0.481 e. The summed E-state index contributed by atoms with van der Waals surface area (Å²) in [7, 11) is 0. The molecule has 2 N–H and O–H groups in total. The van der Waals surface area contributed by atoms with E-state index >= 15 is 0 Å². The Morgan fingerprint density at radius 1 is 1.20 bits per heavy atom. The zero-order valence-corrected chi connectivity index (χ0v) is 14.7. The van der Waals surface area contributed by atoms with E-state index in [-0.39, 0.29) is 18.4 Å². The van der Waals surface area contributed by atoms with Crippen LogP contribution in [-0.4, -0.2) is 41.5 Å². The van der Waals surface area contributed by atoms with Gasteiger partial charge in [0.1, 0.15) is 0 Å². The van der Waals surface area contributed by atoms with Gasteiger partial charge in [-0.1, -0.05) is 30.3 Å². The van der Waals surface area contributed by atoms with Gasteiger partial charge in [0, 0.05) is 13.0 Å². The maximum atomic E-state index is 12.6. The number of aliphatic carboxylic acids is 1. The van der Waals surface area contributed by atoms with E-state index in [2.05, 4.69) is 22.3 Å². The van der Waals surface area contributed by atoms with Crippen LogP contribution >= 0.6 is 0 Å². The Balaban J connectivity index is 1.50. The molecular weight excluding hydrogens is 316 g/mol. The topological polar surface area (TPSA) is 69.6 Å². The van der Waals surface area contributed by atoms with Crippen LogP contribution in [0.25, 0.3) is 0 Å². The van der Waals surface area contributed by atoms with E-state index in [9.17, 15) is 9.59 Å². The Hall–Kier alpha value is -1.88. The second-order valence-electron chi connectivity index (χ2n) is 7.47. The summed E-state index contributed by atoms with van der Waals surface area (Å²) < 4.78 is 0. The number of nitrogens with one attached hydrogen (secondary N) is 1. The Bertz CT molecular complexity index is 586. The van der Waals surface area contributed by atoms with Gasteiger partial charge in [0.25, 0.3) is 0 Å². The largest absolute Gasteiger partial charge is 0.481 e. The summed E-state index contributed by atoms with van der Waals surface area (Å²) in [5.41, 5.74) is 1.19. The summed E-state index contributed by atoms with van der Waals surface area (Å²) in [6, 6.07) is 10.3. The molecule has 2 atom stereocenters. The smallest absolute Gasteiger partial charge is 0.303 e. The van der Waals surface area contributed by atoms with Crippen LogP contribution in [0.2, 0.25) is 0 Å². The first-order valence-corrected chi connectivity index (χ1v) is 9.40. The molecular formula is C20H28N2O3. The molecule has 3 rings (SSSR count). The normalized spacial score (nSPS) is 22.3. The highest BCUT2D eigenvalue weighted by atomic mass is 16.4. The van der Waals surface area contributed by atoms with Crippen LogP contribution in [0.4, 0.5) is 0 Å². The van der Waals surface area contributed by atoms with Crippen molar-refractivity contribution in [1.29, 1.82) is 0 Å². The van der Waals surface area contributed by atoms with Crippen molar-refractivity contribution in [3.63, 3.8) is 0 Å². The molecule has 0 aromatic heterocycles. The van der Waals surface area contributed by atoms with E-state index in [0.29, 0.717) is 24.8 Å². The van der Waals surface area contributed by atoms with Crippen LogP contribution in [0, 0.1) is 11.8 Å². The number of hydrogen-bond acceptors (Lipinski definition) is 3. The summed E-state index contributed by atoms with van der Waals surface area (Å²) in [6.07, 6.45) is 5.41. The molecule has 25 heavy (non-hydrogen) atoms. The fraction of sp³-hybridized carbons (Fsp3) is 0.600. The quantitative estimate of drug-likeness (QED) is 0.761.